The first-order chi connectivity index (χ1) is 41.1. The number of aromatic nitrogens is 2. The number of para-hydroxylation sites is 4. The molecule has 0 spiro atoms. The summed E-state index contributed by atoms with van der Waals surface area (Å²) in [6.45, 7) is 6.33. The molecular weight excluding hydrogens is 1020 g/mol. The van der Waals surface area contributed by atoms with Gasteiger partial charge in [-0.25, -0.2) is 0 Å². The Hall–Kier alpha value is -10.5. The van der Waals surface area contributed by atoms with Crippen LogP contribution >= 0.6 is 0 Å². The van der Waals surface area contributed by atoms with Gasteiger partial charge in [-0.05, 0) is 98.0 Å². The molecule has 0 atom stereocenters. The number of benzene rings is 12. The molecule has 3 nitrogen and oxygen atoms in total. The molecule has 3 heterocycles. The maximum atomic E-state index is 6.47. The second-order valence-corrected chi connectivity index (χ2v) is 25.2. The van der Waals surface area contributed by atoms with Crippen molar-refractivity contribution in [2.45, 2.75) is 6.92 Å². The summed E-state index contributed by atoms with van der Waals surface area (Å²) in [7, 11) is -3.04. The Labute approximate surface area is 483 Å². The molecule has 4 heteroatoms. The van der Waals surface area contributed by atoms with Gasteiger partial charge in [0.05, 0.1) is 27.8 Å². The molecule has 12 aromatic carbocycles. The second kappa shape index (κ2) is 20.5. The van der Waals surface area contributed by atoms with Gasteiger partial charge in [-0.2, -0.15) is 0 Å². The molecule has 0 aliphatic rings. The van der Waals surface area contributed by atoms with Crippen LogP contribution < -0.4 is 20.7 Å². The molecule has 0 saturated carbocycles. The third kappa shape index (κ3) is 7.94. The van der Waals surface area contributed by atoms with Crippen molar-refractivity contribution in [2.24, 2.45) is 0 Å². The minimum Gasteiger partial charge on any atom is -0.456 e. The zero-order valence-electron chi connectivity index (χ0n) is 46.0. The summed E-state index contributed by atoms with van der Waals surface area (Å²) in [4.78, 5) is 0. The van der Waals surface area contributed by atoms with Gasteiger partial charge in [0.2, 0.25) is 0 Å². The lowest BCUT2D eigenvalue weighted by Gasteiger charge is -2.36. The van der Waals surface area contributed by atoms with Gasteiger partial charge in [0.1, 0.15) is 11.2 Å². The number of fused-ring (bicyclic) bond motifs is 9. The van der Waals surface area contributed by atoms with E-state index in [9.17, 15) is 0 Å². The summed E-state index contributed by atoms with van der Waals surface area (Å²) in [5, 5.41) is 12.3. The number of furan rings is 1. The fourth-order valence-electron chi connectivity index (χ4n) is 13.5. The highest BCUT2D eigenvalue weighted by molar-refractivity contribution is 7.20. The topological polar surface area (TPSA) is 23.0 Å². The Morgan fingerprint density at radius 2 is 0.904 bits per heavy atom. The average molecular weight is 1080 g/mol. The normalized spacial score (nSPS) is 12.2. The van der Waals surface area contributed by atoms with Gasteiger partial charge < -0.3 is 13.6 Å². The lowest BCUT2D eigenvalue weighted by atomic mass is 9.91. The molecule has 0 bridgehead atoms. The average Bonchev–Trinajstić information content (AvgIpc) is 2.90. The smallest absolute Gasteiger partial charge is 0.179 e. The highest BCUT2D eigenvalue weighted by Gasteiger charge is 2.42. The first kappa shape index (κ1) is 49.5. The van der Waals surface area contributed by atoms with E-state index in [-0.39, 0.29) is 0 Å². The number of nitrogens with zero attached hydrogens (tertiary/aromatic N) is 2. The van der Waals surface area contributed by atoms with Crippen LogP contribution in [0.2, 0.25) is 0 Å². The predicted molar refractivity (Wildman–Crippen MR) is 355 cm³/mol. The van der Waals surface area contributed by atoms with E-state index in [1.54, 1.807) is 0 Å². The Morgan fingerprint density at radius 3 is 1.57 bits per heavy atom. The summed E-state index contributed by atoms with van der Waals surface area (Å²) in [5.41, 5.74) is 17.7. The minimum atomic E-state index is -3.04. The van der Waals surface area contributed by atoms with Crippen LogP contribution in [0, 0.1) is 0 Å². The first-order valence-corrected chi connectivity index (χ1v) is 30.6. The summed E-state index contributed by atoms with van der Waals surface area (Å²) in [5.74, 6) is 0. The van der Waals surface area contributed by atoms with E-state index >= 15 is 0 Å². The molecule has 0 fully saturated rings. The zero-order chi connectivity index (χ0) is 55.4. The van der Waals surface area contributed by atoms with E-state index in [0.717, 1.165) is 99.9 Å². The van der Waals surface area contributed by atoms with Crippen molar-refractivity contribution in [3.05, 3.63) is 322 Å². The van der Waals surface area contributed by atoms with Gasteiger partial charge in [0, 0.05) is 54.7 Å². The second-order valence-electron chi connectivity index (χ2n) is 21.4. The molecule has 0 unspecified atom stereocenters. The molecule has 0 amide bonds. The molecule has 15 aromatic rings. The molecule has 392 valence electrons. The van der Waals surface area contributed by atoms with Crippen molar-refractivity contribution in [1.29, 1.82) is 0 Å². The molecular formula is C79H56N2OSi. The van der Waals surface area contributed by atoms with Crippen LogP contribution in [0.3, 0.4) is 0 Å². The molecule has 0 aliphatic carbocycles. The van der Waals surface area contributed by atoms with E-state index < -0.39 is 8.07 Å². The quantitative estimate of drug-likeness (QED) is 0.0679. The standard InChI is InChI=1S/C79H56N2OSi/c1-3-5-28-54(4-2)69-52-60(83(57-31-12-7-13-32-57,58-33-14-8-15-34-58)59-35-16-9-17-36-59)53-70(55-29-10-6-11-30-55)79(69)81-73-46-24-21-40-64(73)71-51-56(49-50-74(71)81)80-72-45-23-20-39-63(72)67-44-26-43-66(78(67)80)62-38-19-18-37-61(62)65-42-27-48-76-77(65)68-41-22-25-47-75(68)82-76/h3-53H,1H2,2H3/b28-5-,54-4+. The van der Waals surface area contributed by atoms with Crippen molar-refractivity contribution in [2.75, 3.05) is 0 Å². The van der Waals surface area contributed by atoms with E-state index in [4.69, 9.17) is 4.42 Å². The highest BCUT2D eigenvalue weighted by atomic mass is 28.3. The third-order valence-electron chi connectivity index (χ3n) is 17.0. The van der Waals surface area contributed by atoms with Crippen LogP contribution in [-0.4, -0.2) is 17.2 Å². The van der Waals surface area contributed by atoms with Crippen molar-refractivity contribution in [3.8, 4) is 44.8 Å². The van der Waals surface area contributed by atoms with Gasteiger partial charge >= 0.3 is 0 Å². The molecule has 0 aliphatic heterocycles. The Balaban J connectivity index is 1.02. The first-order valence-electron chi connectivity index (χ1n) is 28.6. The van der Waals surface area contributed by atoms with Crippen LogP contribution in [0.1, 0.15) is 12.5 Å². The Morgan fingerprint density at radius 1 is 0.398 bits per heavy atom. The molecule has 3 aromatic heterocycles. The molecule has 15 rings (SSSR count). The maximum Gasteiger partial charge on any atom is 0.179 e. The van der Waals surface area contributed by atoms with E-state index in [2.05, 4.69) is 320 Å². The molecule has 0 N–H and O–H groups in total. The van der Waals surface area contributed by atoms with Crippen LogP contribution in [0.4, 0.5) is 0 Å². The fourth-order valence-corrected chi connectivity index (χ4v) is 18.3. The minimum absolute atomic E-state index is 0.883. The van der Waals surface area contributed by atoms with Crippen molar-refractivity contribution in [3.63, 3.8) is 0 Å². The molecule has 0 saturated heterocycles. The van der Waals surface area contributed by atoms with E-state index in [1.165, 1.54) is 42.3 Å². The monoisotopic (exact) mass is 1080 g/mol. The number of hydrogen-bond acceptors (Lipinski definition) is 1. The lowest BCUT2D eigenvalue weighted by Crippen LogP contribution is -2.74. The van der Waals surface area contributed by atoms with Gasteiger partial charge in [0.25, 0.3) is 0 Å². The third-order valence-corrected chi connectivity index (χ3v) is 21.8. The van der Waals surface area contributed by atoms with Crippen LogP contribution in [0.25, 0.3) is 116 Å². The number of allylic oxidation sites excluding steroid dienone is 5. The summed E-state index contributed by atoms with van der Waals surface area (Å²) in [6.07, 6.45) is 8.43. The lowest BCUT2D eigenvalue weighted by molar-refractivity contribution is 0.669. The van der Waals surface area contributed by atoms with Crippen molar-refractivity contribution < 1.29 is 4.42 Å². The number of hydrogen-bond donors (Lipinski definition) is 0. The van der Waals surface area contributed by atoms with Gasteiger partial charge in [-0.1, -0.05) is 274 Å². The van der Waals surface area contributed by atoms with Crippen molar-refractivity contribution >= 4 is 99.9 Å². The number of rotatable bonds is 12. The van der Waals surface area contributed by atoms with Crippen molar-refractivity contribution in [1.82, 2.24) is 9.13 Å². The fraction of sp³-hybridized carbons (Fsp3) is 0.0127. The van der Waals surface area contributed by atoms with E-state index in [0.29, 0.717) is 0 Å². The Bertz CT molecular complexity index is 4950. The predicted octanol–water partition coefficient (Wildman–Crippen LogP) is 18.3. The summed E-state index contributed by atoms with van der Waals surface area (Å²) < 4.78 is 11.5. The zero-order valence-corrected chi connectivity index (χ0v) is 47.0. The molecule has 0 radical (unpaired) electrons. The van der Waals surface area contributed by atoms with Crippen LogP contribution in [0.15, 0.2) is 320 Å². The van der Waals surface area contributed by atoms with Gasteiger partial charge in [-0.3, -0.25) is 0 Å². The Kier molecular flexibility index (Phi) is 12.3. The van der Waals surface area contributed by atoms with E-state index in [1.807, 2.05) is 12.1 Å². The summed E-state index contributed by atoms with van der Waals surface area (Å²) in [6, 6.07) is 105. The van der Waals surface area contributed by atoms with Gasteiger partial charge in [0.15, 0.2) is 8.07 Å². The van der Waals surface area contributed by atoms with Gasteiger partial charge in [-0.15, -0.1) is 0 Å². The van der Waals surface area contributed by atoms with Crippen LogP contribution in [-0.2, 0) is 0 Å². The highest BCUT2D eigenvalue weighted by Crippen LogP contribution is 2.46. The SMILES string of the molecule is C=C/C=C\C(=C/C)c1cc([Si](c2ccccc2)(c2ccccc2)c2ccccc2)cc(-c2ccccc2)c1-n1c2ccccc2c2cc(-n3c4ccccc4c4cccc(-c5ccccc5-c5cccc6oc7ccccc7c56)c43)ccc21. The summed E-state index contributed by atoms with van der Waals surface area (Å²) >= 11 is 0. The van der Waals surface area contributed by atoms with Crippen LogP contribution in [0.5, 0.6) is 0 Å². The largest absolute Gasteiger partial charge is 0.456 e. The molecule has 83 heavy (non-hydrogen) atoms. The maximum absolute atomic E-state index is 6.47.